The predicted molar refractivity (Wildman–Crippen MR) is 79.1 cm³/mol. The average molecular weight is 318 g/mol. The van der Waals surface area contributed by atoms with Gasteiger partial charge in [0.2, 0.25) is 5.91 Å². The van der Waals surface area contributed by atoms with Gasteiger partial charge in [-0.2, -0.15) is 0 Å². The molecule has 0 saturated heterocycles. The lowest BCUT2D eigenvalue weighted by Gasteiger charge is -2.07. The third kappa shape index (κ3) is 3.23. The Morgan fingerprint density at radius 1 is 1.14 bits per heavy atom. The highest BCUT2D eigenvalue weighted by Crippen LogP contribution is 2.36. The number of hydrogen-bond donors (Lipinski definition) is 2. The molecule has 0 aliphatic carbocycles. The van der Waals surface area contributed by atoms with Crippen LogP contribution in [0.3, 0.4) is 0 Å². The van der Waals surface area contributed by atoms with Crippen molar-refractivity contribution in [2.45, 2.75) is 9.79 Å². The number of nitro groups is 1. The number of nitrogens with two attached hydrogens (primary N) is 1. The first-order valence-electron chi connectivity index (χ1n) is 5.98. The molecule has 2 aromatic rings. The summed E-state index contributed by atoms with van der Waals surface area (Å²) in [5.41, 5.74) is 4.86. The van der Waals surface area contributed by atoms with Crippen molar-refractivity contribution in [2.24, 2.45) is 5.73 Å². The lowest BCUT2D eigenvalue weighted by Crippen LogP contribution is -2.11. The van der Waals surface area contributed by atoms with E-state index in [0.29, 0.717) is 4.90 Å². The zero-order valence-corrected chi connectivity index (χ0v) is 11.9. The van der Waals surface area contributed by atoms with Crippen molar-refractivity contribution in [2.75, 3.05) is 0 Å². The van der Waals surface area contributed by atoms with Crippen molar-refractivity contribution in [3.8, 4) is 0 Å². The van der Waals surface area contributed by atoms with Crippen molar-refractivity contribution in [3.05, 3.63) is 63.7 Å². The highest BCUT2D eigenvalue weighted by atomic mass is 32.2. The Hall–Kier alpha value is -2.87. The smallest absolute Gasteiger partial charge is 0.336 e. The van der Waals surface area contributed by atoms with Crippen molar-refractivity contribution < 1.29 is 19.6 Å². The van der Waals surface area contributed by atoms with E-state index in [0.717, 1.165) is 17.8 Å². The Balaban J connectivity index is 2.48. The van der Waals surface area contributed by atoms with Crippen molar-refractivity contribution in [1.82, 2.24) is 0 Å². The molecule has 7 nitrogen and oxygen atoms in total. The molecule has 0 spiro atoms. The highest BCUT2D eigenvalue weighted by molar-refractivity contribution is 7.99. The van der Waals surface area contributed by atoms with E-state index < -0.39 is 16.8 Å². The SMILES string of the molecule is NC(=O)c1ccc(Sc2ccccc2C(=O)O)c([N+](=O)[O-])c1. The number of nitro benzene ring substituents is 1. The van der Waals surface area contributed by atoms with Crippen molar-refractivity contribution >= 4 is 29.3 Å². The van der Waals surface area contributed by atoms with E-state index in [9.17, 15) is 19.7 Å². The molecule has 22 heavy (non-hydrogen) atoms. The lowest BCUT2D eigenvalue weighted by atomic mass is 10.2. The molecule has 0 bridgehead atoms. The Kier molecular flexibility index (Phi) is 4.42. The van der Waals surface area contributed by atoms with E-state index in [2.05, 4.69) is 0 Å². The molecule has 0 radical (unpaired) electrons. The van der Waals surface area contributed by atoms with Crippen molar-refractivity contribution in [1.29, 1.82) is 0 Å². The first kappa shape index (κ1) is 15.5. The molecular weight excluding hydrogens is 308 g/mol. The lowest BCUT2D eigenvalue weighted by molar-refractivity contribution is -0.387. The van der Waals surface area contributed by atoms with Crippen LogP contribution in [0, 0.1) is 10.1 Å². The number of rotatable bonds is 5. The Morgan fingerprint density at radius 2 is 1.82 bits per heavy atom. The van der Waals surface area contributed by atoms with Crippen LogP contribution in [0.2, 0.25) is 0 Å². The van der Waals surface area contributed by atoms with Gasteiger partial charge in [-0.1, -0.05) is 23.9 Å². The van der Waals surface area contributed by atoms with Gasteiger partial charge in [-0.25, -0.2) is 4.79 Å². The Labute approximate surface area is 128 Å². The number of carboxylic acids is 1. The topological polar surface area (TPSA) is 124 Å². The maximum atomic E-state index is 11.2. The zero-order valence-electron chi connectivity index (χ0n) is 11.1. The maximum absolute atomic E-state index is 11.2. The molecule has 0 aliphatic rings. The number of aromatic carboxylic acids is 1. The average Bonchev–Trinajstić information content (AvgIpc) is 2.47. The van der Waals surface area contributed by atoms with Gasteiger partial charge in [-0.3, -0.25) is 14.9 Å². The van der Waals surface area contributed by atoms with Crippen LogP contribution in [-0.4, -0.2) is 21.9 Å². The molecular formula is C14H10N2O5S. The molecule has 0 unspecified atom stereocenters. The molecule has 2 rings (SSSR count). The molecule has 0 aromatic heterocycles. The second-order valence-corrected chi connectivity index (χ2v) is 5.29. The quantitative estimate of drug-likeness (QED) is 0.645. The number of primary amides is 1. The van der Waals surface area contributed by atoms with Crippen molar-refractivity contribution in [3.63, 3.8) is 0 Å². The van der Waals surface area contributed by atoms with E-state index in [1.54, 1.807) is 18.2 Å². The summed E-state index contributed by atoms with van der Waals surface area (Å²) in [6, 6.07) is 9.99. The summed E-state index contributed by atoms with van der Waals surface area (Å²) in [5.74, 6) is -1.90. The highest BCUT2D eigenvalue weighted by Gasteiger charge is 2.19. The number of carboxylic acid groups (broad SMARTS) is 1. The van der Waals surface area contributed by atoms with Crippen LogP contribution in [0.25, 0.3) is 0 Å². The molecule has 3 N–H and O–H groups in total. The molecule has 0 heterocycles. The van der Waals surface area contributed by atoms with Crippen LogP contribution in [-0.2, 0) is 0 Å². The number of amides is 1. The van der Waals surface area contributed by atoms with Gasteiger partial charge in [0.25, 0.3) is 5.69 Å². The van der Waals surface area contributed by atoms with Gasteiger partial charge in [0.15, 0.2) is 0 Å². The van der Waals surface area contributed by atoms with Crippen LogP contribution < -0.4 is 5.73 Å². The minimum atomic E-state index is -1.13. The number of carbonyl (C=O) groups excluding carboxylic acids is 1. The minimum Gasteiger partial charge on any atom is -0.478 e. The third-order valence-corrected chi connectivity index (χ3v) is 3.92. The summed E-state index contributed by atoms with van der Waals surface area (Å²) < 4.78 is 0. The predicted octanol–water partition coefficient (Wildman–Crippen LogP) is 2.54. The molecule has 8 heteroatoms. The maximum Gasteiger partial charge on any atom is 0.336 e. The Bertz CT molecular complexity index is 776. The van der Waals surface area contributed by atoms with Gasteiger partial charge in [-0.05, 0) is 24.3 Å². The fourth-order valence-electron chi connectivity index (χ4n) is 1.75. The number of nitrogens with zero attached hydrogens (tertiary/aromatic N) is 1. The number of hydrogen-bond acceptors (Lipinski definition) is 5. The fourth-order valence-corrected chi connectivity index (χ4v) is 2.77. The summed E-state index contributed by atoms with van der Waals surface area (Å²) >= 11 is 0.943. The zero-order chi connectivity index (χ0) is 16.3. The van der Waals surface area contributed by atoms with Gasteiger partial charge in [-0.15, -0.1) is 0 Å². The minimum absolute atomic E-state index is 0.0163. The molecule has 2 aromatic carbocycles. The van der Waals surface area contributed by atoms with Gasteiger partial charge < -0.3 is 10.8 Å². The van der Waals surface area contributed by atoms with E-state index >= 15 is 0 Å². The molecule has 112 valence electrons. The number of benzene rings is 2. The van der Waals surface area contributed by atoms with E-state index in [-0.39, 0.29) is 21.7 Å². The third-order valence-electron chi connectivity index (χ3n) is 2.78. The molecule has 0 atom stereocenters. The molecule has 1 amide bonds. The summed E-state index contributed by atoms with van der Waals surface area (Å²) in [6.45, 7) is 0. The van der Waals surface area contributed by atoms with E-state index in [4.69, 9.17) is 10.8 Å². The first-order chi connectivity index (χ1) is 10.4. The second-order valence-electron chi connectivity index (χ2n) is 4.21. The largest absolute Gasteiger partial charge is 0.478 e. The van der Waals surface area contributed by atoms with E-state index in [1.807, 2.05) is 0 Å². The van der Waals surface area contributed by atoms with Crippen LogP contribution in [0.15, 0.2) is 52.3 Å². The van der Waals surface area contributed by atoms with Crippen LogP contribution in [0.5, 0.6) is 0 Å². The van der Waals surface area contributed by atoms with Gasteiger partial charge in [0.05, 0.1) is 15.4 Å². The van der Waals surface area contributed by atoms with E-state index in [1.165, 1.54) is 18.2 Å². The molecule has 0 fully saturated rings. The Morgan fingerprint density at radius 3 is 2.41 bits per heavy atom. The summed E-state index contributed by atoms with van der Waals surface area (Å²) in [7, 11) is 0. The van der Waals surface area contributed by atoms with Crippen LogP contribution >= 0.6 is 11.8 Å². The van der Waals surface area contributed by atoms with Gasteiger partial charge in [0, 0.05) is 16.5 Å². The normalized spacial score (nSPS) is 10.2. The summed E-state index contributed by atoms with van der Waals surface area (Å²) in [4.78, 5) is 33.3. The van der Waals surface area contributed by atoms with Gasteiger partial charge in [0.1, 0.15) is 0 Å². The van der Waals surface area contributed by atoms with Crippen LogP contribution in [0.4, 0.5) is 5.69 Å². The fraction of sp³-hybridized carbons (Fsp3) is 0. The second kappa shape index (κ2) is 6.27. The van der Waals surface area contributed by atoms with Gasteiger partial charge >= 0.3 is 5.97 Å². The number of carbonyl (C=O) groups is 2. The monoisotopic (exact) mass is 318 g/mol. The molecule has 0 aliphatic heterocycles. The van der Waals surface area contributed by atoms with Crippen LogP contribution in [0.1, 0.15) is 20.7 Å². The standard InChI is InChI=1S/C14H10N2O5S/c15-13(17)8-5-6-12(10(7-8)16(20)21)22-11-4-2-1-3-9(11)14(18)19/h1-7H,(H2,15,17)(H,18,19). The summed E-state index contributed by atoms with van der Waals surface area (Å²) in [6.07, 6.45) is 0. The first-order valence-corrected chi connectivity index (χ1v) is 6.80. The summed E-state index contributed by atoms with van der Waals surface area (Å²) in [5, 5.41) is 20.3. The molecule has 0 saturated carbocycles.